The molecule has 0 aliphatic heterocycles. The Morgan fingerprint density at radius 3 is 2.82 bits per heavy atom. The topological polar surface area (TPSA) is 39.4 Å². The number of hydrogen-bond acceptors (Lipinski definition) is 3. The van der Waals surface area contributed by atoms with Crippen molar-refractivity contribution in [3.63, 3.8) is 0 Å². The molecule has 2 aromatic rings. The van der Waals surface area contributed by atoms with Crippen molar-refractivity contribution in [1.29, 1.82) is 0 Å². The molecule has 0 radical (unpaired) electrons. The monoisotopic (exact) mass is 232 g/mol. The van der Waals surface area contributed by atoms with E-state index in [1.807, 2.05) is 32.0 Å². The fourth-order valence-electron chi connectivity index (χ4n) is 1.90. The average Bonchev–Trinajstić information content (AvgIpc) is 2.73. The lowest BCUT2D eigenvalue weighted by atomic mass is 10.1. The highest BCUT2D eigenvalue weighted by atomic mass is 16.5. The van der Waals surface area contributed by atoms with E-state index >= 15 is 0 Å². The smallest absolute Gasteiger partial charge is 0.226 e. The molecule has 90 valence electrons. The van der Waals surface area contributed by atoms with Crippen LogP contribution >= 0.6 is 0 Å². The number of carbonyl (C=O) groups excluding carboxylic acids is 1. The molecule has 0 aliphatic carbocycles. The summed E-state index contributed by atoms with van der Waals surface area (Å²) in [7, 11) is 1.54. The third kappa shape index (κ3) is 2.24. The molecule has 1 aromatic carbocycles. The maximum Gasteiger partial charge on any atom is 0.226 e. The zero-order chi connectivity index (χ0) is 12.4. The standard InChI is InChI=1S/C14H16O3/c1-4-11(16-3)14(15)13-8-10-7-9(2)5-6-12(10)17-13/h5-8,11H,4H2,1-3H3. The van der Waals surface area contributed by atoms with E-state index in [1.165, 1.54) is 0 Å². The number of hydrogen-bond donors (Lipinski definition) is 0. The number of rotatable bonds is 4. The second kappa shape index (κ2) is 4.72. The first-order valence-electron chi connectivity index (χ1n) is 5.73. The molecule has 3 nitrogen and oxygen atoms in total. The molecule has 0 amide bonds. The lowest BCUT2D eigenvalue weighted by molar-refractivity contribution is 0.0570. The molecule has 0 aliphatic rings. The van der Waals surface area contributed by atoms with E-state index in [4.69, 9.17) is 9.15 Å². The van der Waals surface area contributed by atoms with E-state index in [0.29, 0.717) is 12.2 Å². The molecule has 1 heterocycles. The Labute approximate surface area is 100 Å². The summed E-state index contributed by atoms with van der Waals surface area (Å²) < 4.78 is 10.7. The Balaban J connectivity index is 2.39. The van der Waals surface area contributed by atoms with E-state index in [2.05, 4.69) is 0 Å². The summed E-state index contributed by atoms with van der Waals surface area (Å²) in [6.45, 7) is 3.93. The van der Waals surface area contributed by atoms with Gasteiger partial charge >= 0.3 is 0 Å². The van der Waals surface area contributed by atoms with Crippen molar-refractivity contribution in [2.75, 3.05) is 7.11 Å². The number of furan rings is 1. The van der Waals surface area contributed by atoms with Gasteiger partial charge in [-0.15, -0.1) is 0 Å². The number of Topliss-reactive ketones (excluding diaryl/α,β-unsaturated/α-hetero) is 1. The van der Waals surface area contributed by atoms with Crippen LogP contribution < -0.4 is 0 Å². The average molecular weight is 232 g/mol. The number of aryl methyl sites for hydroxylation is 1. The Morgan fingerprint density at radius 1 is 1.41 bits per heavy atom. The molecule has 0 N–H and O–H groups in total. The van der Waals surface area contributed by atoms with Crippen molar-refractivity contribution in [3.8, 4) is 0 Å². The zero-order valence-electron chi connectivity index (χ0n) is 10.3. The van der Waals surface area contributed by atoms with Crippen LogP contribution in [0.4, 0.5) is 0 Å². The van der Waals surface area contributed by atoms with Crippen LogP contribution in [0.1, 0.15) is 29.5 Å². The largest absolute Gasteiger partial charge is 0.453 e. The van der Waals surface area contributed by atoms with E-state index in [0.717, 1.165) is 16.5 Å². The minimum absolute atomic E-state index is 0.0937. The van der Waals surface area contributed by atoms with Crippen LogP contribution in [0, 0.1) is 6.92 Å². The summed E-state index contributed by atoms with van der Waals surface area (Å²) in [4.78, 5) is 12.0. The van der Waals surface area contributed by atoms with Gasteiger partial charge in [0, 0.05) is 12.5 Å². The van der Waals surface area contributed by atoms with Gasteiger partial charge in [0.25, 0.3) is 0 Å². The lowest BCUT2D eigenvalue weighted by Crippen LogP contribution is -2.21. The highest BCUT2D eigenvalue weighted by Crippen LogP contribution is 2.22. The van der Waals surface area contributed by atoms with Crippen LogP contribution in [-0.2, 0) is 4.74 Å². The van der Waals surface area contributed by atoms with Crippen LogP contribution in [0.3, 0.4) is 0 Å². The van der Waals surface area contributed by atoms with Gasteiger partial charge in [-0.1, -0.05) is 18.6 Å². The number of carbonyl (C=O) groups is 1. The lowest BCUT2D eigenvalue weighted by Gasteiger charge is -2.08. The molecule has 1 atom stereocenters. The predicted molar refractivity (Wildman–Crippen MR) is 66.4 cm³/mol. The van der Waals surface area contributed by atoms with Gasteiger partial charge in [-0.3, -0.25) is 4.79 Å². The highest BCUT2D eigenvalue weighted by Gasteiger charge is 2.21. The maximum atomic E-state index is 12.0. The Hall–Kier alpha value is -1.61. The summed E-state index contributed by atoms with van der Waals surface area (Å²) in [6.07, 6.45) is 0.224. The van der Waals surface area contributed by atoms with Gasteiger partial charge in [-0.05, 0) is 31.5 Å². The van der Waals surface area contributed by atoms with Gasteiger partial charge in [-0.2, -0.15) is 0 Å². The summed E-state index contributed by atoms with van der Waals surface area (Å²) in [5.41, 5.74) is 1.89. The third-order valence-electron chi connectivity index (χ3n) is 2.86. The summed E-state index contributed by atoms with van der Waals surface area (Å²) >= 11 is 0. The maximum absolute atomic E-state index is 12.0. The van der Waals surface area contributed by atoms with E-state index in [9.17, 15) is 4.79 Å². The molecule has 1 unspecified atom stereocenters. The summed E-state index contributed by atoms with van der Waals surface area (Å²) in [6, 6.07) is 7.64. The van der Waals surface area contributed by atoms with Crippen molar-refractivity contribution in [2.24, 2.45) is 0 Å². The predicted octanol–water partition coefficient (Wildman–Crippen LogP) is 3.35. The first-order chi connectivity index (χ1) is 8.15. The fraction of sp³-hybridized carbons (Fsp3) is 0.357. The zero-order valence-corrected chi connectivity index (χ0v) is 10.3. The van der Waals surface area contributed by atoms with Gasteiger partial charge in [0.1, 0.15) is 11.7 Å². The van der Waals surface area contributed by atoms with Crippen molar-refractivity contribution >= 4 is 16.8 Å². The number of ether oxygens (including phenoxy) is 1. The Morgan fingerprint density at radius 2 is 2.18 bits per heavy atom. The van der Waals surface area contributed by atoms with Crippen molar-refractivity contribution in [2.45, 2.75) is 26.4 Å². The van der Waals surface area contributed by atoms with Crippen LogP contribution in [-0.4, -0.2) is 19.0 Å². The molecule has 0 fully saturated rings. The van der Waals surface area contributed by atoms with Gasteiger partial charge in [0.05, 0.1) is 0 Å². The minimum atomic E-state index is -0.420. The first kappa shape index (κ1) is 11.9. The third-order valence-corrected chi connectivity index (χ3v) is 2.86. The first-order valence-corrected chi connectivity index (χ1v) is 5.73. The molecule has 17 heavy (non-hydrogen) atoms. The molecule has 1 aromatic heterocycles. The number of methoxy groups -OCH3 is 1. The molecule has 0 saturated heterocycles. The van der Waals surface area contributed by atoms with Crippen LogP contribution in [0.2, 0.25) is 0 Å². The van der Waals surface area contributed by atoms with Crippen LogP contribution in [0.25, 0.3) is 11.0 Å². The quantitative estimate of drug-likeness (QED) is 0.759. The molecule has 3 heteroatoms. The molecule has 0 spiro atoms. The number of ketones is 1. The fourth-order valence-corrected chi connectivity index (χ4v) is 1.90. The SMILES string of the molecule is CCC(OC)C(=O)c1cc2cc(C)ccc2o1. The van der Waals surface area contributed by atoms with Crippen molar-refractivity contribution < 1.29 is 13.9 Å². The highest BCUT2D eigenvalue weighted by molar-refractivity contribution is 6.00. The van der Waals surface area contributed by atoms with E-state index < -0.39 is 6.10 Å². The molecular weight excluding hydrogens is 216 g/mol. The molecular formula is C14H16O3. The minimum Gasteiger partial charge on any atom is -0.453 e. The summed E-state index contributed by atoms with van der Waals surface area (Å²) in [5.74, 6) is 0.281. The second-order valence-corrected chi connectivity index (χ2v) is 4.15. The van der Waals surface area contributed by atoms with Crippen molar-refractivity contribution in [1.82, 2.24) is 0 Å². The second-order valence-electron chi connectivity index (χ2n) is 4.15. The van der Waals surface area contributed by atoms with Crippen LogP contribution in [0.5, 0.6) is 0 Å². The van der Waals surface area contributed by atoms with Crippen LogP contribution in [0.15, 0.2) is 28.7 Å². The Kier molecular flexibility index (Phi) is 3.29. The molecule has 0 saturated carbocycles. The molecule has 0 bridgehead atoms. The number of benzene rings is 1. The van der Waals surface area contributed by atoms with E-state index in [1.54, 1.807) is 13.2 Å². The van der Waals surface area contributed by atoms with Crippen molar-refractivity contribution in [3.05, 3.63) is 35.6 Å². The van der Waals surface area contributed by atoms with Gasteiger partial charge in [-0.25, -0.2) is 0 Å². The molecule has 2 rings (SSSR count). The Bertz CT molecular complexity index is 535. The van der Waals surface area contributed by atoms with Gasteiger partial charge < -0.3 is 9.15 Å². The summed E-state index contributed by atoms with van der Waals surface area (Å²) in [5, 5.41) is 0.958. The normalized spacial score (nSPS) is 12.9. The van der Waals surface area contributed by atoms with Gasteiger partial charge in [0.15, 0.2) is 5.76 Å². The van der Waals surface area contributed by atoms with E-state index in [-0.39, 0.29) is 5.78 Å². The number of fused-ring (bicyclic) bond motifs is 1. The van der Waals surface area contributed by atoms with Gasteiger partial charge in [0.2, 0.25) is 5.78 Å².